The average Bonchev–Trinajstić information content (AvgIpc) is 3.23. The molecule has 150 valence electrons. The maximum absolute atomic E-state index is 12.8. The van der Waals surface area contributed by atoms with Crippen LogP contribution in [0.2, 0.25) is 0 Å². The smallest absolute Gasteiger partial charge is 0.243 e. The van der Waals surface area contributed by atoms with Crippen LogP contribution in [0.3, 0.4) is 0 Å². The summed E-state index contributed by atoms with van der Waals surface area (Å²) in [6.45, 7) is 5.67. The predicted molar refractivity (Wildman–Crippen MR) is 110 cm³/mol. The van der Waals surface area contributed by atoms with Crippen LogP contribution in [0, 0.1) is 6.92 Å². The molecular weight excluding hydrogens is 368 g/mol. The van der Waals surface area contributed by atoms with Crippen LogP contribution in [-0.2, 0) is 11.3 Å². The first-order chi connectivity index (χ1) is 14.2. The van der Waals surface area contributed by atoms with Gasteiger partial charge in [0.1, 0.15) is 18.1 Å². The molecule has 1 aliphatic heterocycles. The minimum atomic E-state index is -0.281. The Balaban J connectivity index is 1.54. The van der Waals surface area contributed by atoms with E-state index in [1.165, 1.54) is 6.33 Å². The lowest BCUT2D eigenvalue weighted by molar-refractivity contribution is -0.122. The number of amides is 1. The number of fused-ring (bicyclic) bond motifs is 1. The van der Waals surface area contributed by atoms with Gasteiger partial charge in [0.2, 0.25) is 11.9 Å². The summed E-state index contributed by atoms with van der Waals surface area (Å²) in [7, 11) is 0. The molecule has 0 spiro atoms. The van der Waals surface area contributed by atoms with E-state index in [9.17, 15) is 4.79 Å². The molecule has 1 N–H and O–H groups in total. The first-order valence-electron chi connectivity index (χ1n) is 9.86. The third kappa shape index (κ3) is 4.11. The molecule has 3 aromatic rings. The molecule has 1 aromatic carbocycles. The fourth-order valence-corrected chi connectivity index (χ4v) is 3.63. The van der Waals surface area contributed by atoms with Gasteiger partial charge in [0.05, 0.1) is 30.1 Å². The van der Waals surface area contributed by atoms with E-state index in [1.54, 1.807) is 12.3 Å². The van der Waals surface area contributed by atoms with Crippen molar-refractivity contribution in [3.63, 3.8) is 0 Å². The minimum Gasteiger partial charge on any atom is -0.494 e. The van der Waals surface area contributed by atoms with Gasteiger partial charge in [-0.3, -0.25) is 4.79 Å². The third-order valence-electron chi connectivity index (χ3n) is 5.06. The molecule has 4 rings (SSSR count). The third-order valence-corrected chi connectivity index (χ3v) is 5.06. The van der Waals surface area contributed by atoms with Crippen molar-refractivity contribution in [1.29, 1.82) is 0 Å². The molecule has 0 aliphatic carbocycles. The number of aromatic nitrogens is 4. The van der Waals surface area contributed by atoms with E-state index in [0.717, 1.165) is 47.4 Å². The topological polar surface area (TPSA) is 93.1 Å². The highest BCUT2D eigenvalue weighted by Crippen LogP contribution is 2.27. The lowest BCUT2D eigenvalue weighted by Crippen LogP contribution is -2.44. The van der Waals surface area contributed by atoms with Crippen molar-refractivity contribution in [1.82, 2.24) is 25.3 Å². The second-order valence-electron chi connectivity index (χ2n) is 6.99. The van der Waals surface area contributed by atoms with Crippen molar-refractivity contribution >= 4 is 22.8 Å². The Morgan fingerprint density at radius 1 is 1.31 bits per heavy atom. The quantitative estimate of drug-likeness (QED) is 0.688. The molecule has 2 aromatic heterocycles. The summed E-state index contributed by atoms with van der Waals surface area (Å²) < 4.78 is 5.58. The highest BCUT2D eigenvalue weighted by atomic mass is 16.5. The summed E-state index contributed by atoms with van der Waals surface area (Å²) >= 11 is 0. The number of hydrogen-bond donors (Lipinski definition) is 1. The molecule has 0 bridgehead atoms. The number of carbonyl (C=O) groups excluding carboxylic acids is 1. The van der Waals surface area contributed by atoms with Crippen LogP contribution in [0.15, 0.2) is 36.8 Å². The van der Waals surface area contributed by atoms with Gasteiger partial charge in [0, 0.05) is 18.1 Å². The first kappa shape index (κ1) is 19.0. The van der Waals surface area contributed by atoms with Crippen molar-refractivity contribution in [3.8, 4) is 5.75 Å². The second kappa shape index (κ2) is 8.38. The van der Waals surface area contributed by atoms with Gasteiger partial charge in [0.15, 0.2) is 0 Å². The maximum atomic E-state index is 12.8. The molecule has 29 heavy (non-hydrogen) atoms. The van der Waals surface area contributed by atoms with Gasteiger partial charge in [-0.05, 0) is 51.0 Å². The predicted octanol–water partition coefficient (Wildman–Crippen LogP) is 2.41. The summed E-state index contributed by atoms with van der Waals surface area (Å²) in [5, 5.41) is 3.93. The second-order valence-corrected chi connectivity index (χ2v) is 6.99. The zero-order valence-corrected chi connectivity index (χ0v) is 16.6. The van der Waals surface area contributed by atoms with Gasteiger partial charge in [-0.25, -0.2) is 19.9 Å². The van der Waals surface area contributed by atoms with Gasteiger partial charge in [-0.2, -0.15) is 0 Å². The standard InChI is InChI=1S/C21H24N6O2/c1-3-29-16-6-7-18-17(11-16)14(2)25-21(26-18)27-10-4-5-19(27)20(28)23-12-15-8-9-22-13-24-15/h6-9,11,13,19H,3-5,10,12H2,1-2H3,(H,23,28). The van der Waals surface area contributed by atoms with E-state index < -0.39 is 0 Å². The van der Waals surface area contributed by atoms with Gasteiger partial charge in [0.25, 0.3) is 0 Å². The molecule has 8 nitrogen and oxygen atoms in total. The van der Waals surface area contributed by atoms with Gasteiger partial charge >= 0.3 is 0 Å². The van der Waals surface area contributed by atoms with Crippen molar-refractivity contribution in [2.45, 2.75) is 39.3 Å². The average molecular weight is 392 g/mol. The molecule has 0 saturated carbocycles. The van der Waals surface area contributed by atoms with Crippen LogP contribution in [0.4, 0.5) is 5.95 Å². The summed E-state index contributed by atoms with van der Waals surface area (Å²) in [6.07, 6.45) is 4.85. The zero-order valence-electron chi connectivity index (χ0n) is 16.6. The Morgan fingerprint density at radius 3 is 3.00 bits per heavy atom. The Labute approximate surface area is 169 Å². The normalized spacial score (nSPS) is 16.2. The van der Waals surface area contributed by atoms with Crippen molar-refractivity contribution in [2.75, 3.05) is 18.1 Å². The molecule has 0 radical (unpaired) electrons. The highest BCUT2D eigenvalue weighted by molar-refractivity contribution is 5.87. The zero-order chi connectivity index (χ0) is 20.2. The van der Waals surface area contributed by atoms with Gasteiger partial charge < -0.3 is 15.0 Å². The largest absolute Gasteiger partial charge is 0.494 e. The molecule has 1 amide bonds. The molecule has 1 aliphatic rings. The van der Waals surface area contributed by atoms with Crippen LogP contribution in [-0.4, -0.2) is 45.0 Å². The molecular formula is C21H24N6O2. The van der Waals surface area contributed by atoms with E-state index in [-0.39, 0.29) is 11.9 Å². The van der Waals surface area contributed by atoms with Crippen molar-refractivity contribution in [3.05, 3.63) is 48.2 Å². The number of rotatable bonds is 6. The number of carbonyl (C=O) groups is 1. The molecule has 1 fully saturated rings. The lowest BCUT2D eigenvalue weighted by atomic mass is 10.2. The molecule has 8 heteroatoms. The van der Waals surface area contributed by atoms with Gasteiger partial charge in [-0.15, -0.1) is 0 Å². The monoisotopic (exact) mass is 392 g/mol. The summed E-state index contributed by atoms with van der Waals surface area (Å²) in [4.78, 5) is 32.3. The Bertz CT molecular complexity index is 1010. The van der Waals surface area contributed by atoms with E-state index in [1.807, 2.05) is 36.9 Å². The van der Waals surface area contributed by atoms with E-state index in [2.05, 4.69) is 15.3 Å². The fourth-order valence-electron chi connectivity index (χ4n) is 3.63. The number of anilines is 1. The van der Waals surface area contributed by atoms with E-state index >= 15 is 0 Å². The Morgan fingerprint density at radius 2 is 2.21 bits per heavy atom. The molecule has 1 atom stereocenters. The molecule has 1 unspecified atom stereocenters. The Hall–Kier alpha value is -3.29. The number of nitrogens with one attached hydrogen (secondary N) is 1. The fraction of sp³-hybridized carbons (Fsp3) is 0.381. The van der Waals surface area contributed by atoms with Gasteiger partial charge in [-0.1, -0.05) is 0 Å². The van der Waals surface area contributed by atoms with Crippen molar-refractivity contribution < 1.29 is 9.53 Å². The summed E-state index contributed by atoms with van der Waals surface area (Å²) in [6, 6.07) is 7.33. The van der Waals surface area contributed by atoms with Crippen LogP contribution >= 0.6 is 0 Å². The molecule has 3 heterocycles. The van der Waals surface area contributed by atoms with E-state index in [4.69, 9.17) is 14.7 Å². The maximum Gasteiger partial charge on any atom is 0.243 e. The number of hydrogen-bond acceptors (Lipinski definition) is 7. The first-order valence-corrected chi connectivity index (χ1v) is 9.86. The van der Waals surface area contributed by atoms with Crippen LogP contribution in [0.5, 0.6) is 5.75 Å². The Kier molecular flexibility index (Phi) is 5.50. The van der Waals surface area contributed by atoms with Crippen LogP contribution in [0.1, 0.15) is 31.2 Å². The highest BCUT2D eigenvalue weighted by Gasteiger charge is 2.32. The summed E-state index contributed by atoms with van der Waals surface area (Å²) in [5.74, 6) is 1.37. The van der Waals surface area contributed by atoms with E-state index in [0.29, 0.717) is 19.1 Å². The summed E-state index contributed by atoms with van der Waals surface area (Å²) in [5.41, 5.74) is 2.50. The number of aryl methyl sites for hydroxylation is 1. The van der Waals surface area contributed by atoms with Crippen LogP contribution in [0.25, 0.3) is 10.9 Å². The molecule has 1 saturated heterocycles. The van der Waals surface area contributed by atoms with Crippen LogP contribution < -0.4 is 15.0 Å². The number of ether oxygens (including phenoxy) is 1. The SMILES string of the molecule is CCOc1ccc2nc(N3CCCC3C(=O)NCc3ccncn3)nc(C)c2c1. The minimum absolute atomic E-state index is 0.0332. The number of benzene rings is 1. The lowest BCUT2D eigenvalue weighted by Gasteiger charge is -2.24. The number of nitrogens with zero attached hydrogens (tertiary/aromatic N) is 5. The van der Waals surface area contributed by atoms with Crippen molar-refractivity contribution in [2.24, 2.45) is 0 Å².